The van der Waals surface area contributed by atoms with Gasteiger partial charge in [0.1, 0.15) is 0 Å². The molecule has 4 aliphatic carbocycles. The van der Waals surface area contributed by atoms with Gasteiger partial charge in [0, 0.05) is 16.6 Å². The van der Waals surface area contributed by atoms with Crippen LogP contribution in [0.4, 0.5) is 0 Å². The van der Waals surface area contributed by atoms with Crippen molar-refractivity contribution >= 4 is 50.8 Å². The van der Waals surface area contributed by atoms with Gasteiger partial charge >= 0.3 is 0 Å². The summed E-state index contributed by atoms with van der Waals surface area (Å²) in [6.07, 6.45) is 10.9. The zero-order valence-electron chi connectivity index (χ0n) is 65.0. The Kier molecular flexibility index (Phi) is 19.8. The van der Waals surface area contributed by atoms with Crippen LogP contribution in [0, 0.1) is 13.8 Å². The van der Waals surface area contributed by atoms with Gasteiger partial charge in [-0.2, -0.15) is 11.1 Å². The average molecular weight is 1340 g/mol. The van der Waals surface area contributed by atoms with Crippen LogP contribution in [0.15, 0.2) is 168 Å². The fourth-order valence-electron chi connectivity index (χ4n) is 17.1. The molecule has 3 atom stereocenters. The van der Waals surface area contributed by atoms with E-state index >= 15 is 0 Å². The summed E-state index contributed by atoms with van der Waals surface area (Å²) >= 11 is 7.04. The molecule has 508 valence electrons. The van der Waals surface area contributed by atoms with Crippen molar-refractivity contribution in [3.63, 3.8) is 0 Å². The molecule has 0 saturated heterocycles. The second kappa shape index (κ2) is 26.2. The van der Waals surface area contributed by atoms with Gasteiger partial charge in [-0.05, 0) is 214 Å². The third kappa shape index (κ3) is 14.7. The number of rotatable bonds is 7. The maximum atomic E-state index is 7.04. The summed E-state index contributed by atoms with van der Waals surface area (Å²) in [6, 6.07) is 55.9. The molecule has 3 heteroatoms. The van der Waals surface area contributed by atoms with Gasteiger partial charge in [0.2, 0.25) is 0 Å². The highest BCUT2D eigenvalue weighted by Gasteiger charge is 2.48. The van der Waals surface area contributed by atoms with Gasteiger partial charge in [0.05, 0.1) is 8.07 Å². The lowest BCUT2D eigenvalue weighted by molar-refractivity contribution is 0.585. The lowest BCUT2D eigenvalue weighted by Gasteiger charge is -2.40. The summed E-state index contributed by atoms with van der Waals surface area (Å²) < 4.78 is 0. The molecule has 0 nitrogen and oxygen atoms in total. The number of fused-ring (bicyclic) bond motifs is 4. The van der Waals surface area contributed by atoms with Crippen LogP contribution in [0.2, 0.25) is 26.2 Å². The van der Waals surface area contributed by atoms with E-state index in [0.29, 0.717) is 16.6 Å². The zero-order valence-corrected chi connectivity index (χ0v) is 67.7. The van der Waals surface area contributed by atoms with E-state index in [-0.39, 0.29) is 32.5 Å². The lowest BCUT2D eigenvalue weighted by Crippen LogP contribution is -2.42. The van der Waals surface area contributed by atoms with Crippen molar-refractivity contribution in [1.82, 2.24) is 0 Å². The largest absolute Gasteiger partial charge is 0.167 e. The molecule has 0 radical (unpaired) electrons. The Morgan fingerprint density at radius 1 is 0.340 bits per heavy atom. The van der Waals surface area contributed by atoms with Crippen LogP contribution in [-0.2, 0) is 38.9 Å². The van der Waals surface area contributed by atoms with Crippen molar-refractivity contribution in [2.45, 2.75) is 248 Å². The topological polar surface area (TPSA) is 0 Å². The SMILES string of the molecule is CC1=Cc2c(-c3ccc(C(C)(C)C)cc3)cccc2C1[Si](C)(C)C1C(C)=Cc2c1cc(C(C)(C)C)c(C)c2-c1ccc(C(C)(C)C)cc1.CC1=Cc2c(cc(C(C)(C)C)c(C)c2-c2ccc(C(C)(C)C)cc2)C1[Si](C)(C)Cl.CC1=Cc2cccc(-c3ccc(C(C)(C)C)cc3)c2C1. The van der Waals surface area contributed by atoms with Crippen LogP contribution in [0.25, 0.3) is 68.8 Å². The molecule has 8 aromatic carbocycles. The van der Waals surface area contributed by atoms with Crippen LogP contribution in [0.5, 0.6) is 0 Å². The minimum absolute atomic E-state index is 0.0547. The van der Waals surface area contributed by atoms with E-state index < -0.39 is 15.5 Å². The molecule has 3 unspecified atom stereocenters. The quantitative estimate of drug-likeness (QED) is 0.110. The second-order valence-electron chi connectivity index (χ2n) is 36.9. The number of hydrogen-bond acceptors (Lipinski definition) is 0. The molecule has 0 aromatic heterocycles. The molecule has 0 saturated carbocycles. The lowest BCUT2D eigenvalue weighted by atomic mass is 9.78. The molecule has 0 N–H and O–H groups in total. The standard InChI is InChI=1S/C47H58Si.C27H37ClSi.C20H22/c1-29-26-38-36(32-18-22-34(23-19-32)45(4,5)6)16-15-17-37(38)43(29)48(13,14)44-30(2)27-39-40(44)28-41(47(10,11)12)31(3)42(39)33-20-24-35(25-21-33)46(7,8)9;1-17-15-21-22(25(17)29(9,10)28)16-23(27(6,7)8)18(2)24(21)19-11-13-20(14-12-19)26(3,4)5;1-14-12-16-6-5-7-18(19(16)13-14)15-8-10-17(11-9-15)20(2,3)4/h15-28,43-44H,1-14H3;11-16,25H,1-10H3;5-12H,13H2,1-4H3. The Morgan fingerprint density at radius 3 is 1.05 bits per heavy atom. The zero-order chi connectivity index (χ0) is 71.4. The van der Waals surface area contributed by atoms with Crippen LogP contribution < -0.4 is 0 Å². The molecule has 0 aliphatic heterocycles. The highest BCUT2D eigenvalue weighted by molar-refractivity contribution is 7.20. The molecule has 0 amide bonds. The van der Waals surface area contributed by atoms with Gasteiger partial charge in [-0.3, -0.25) is 0 Å². The third-order valence-corrected chi connectivity index (χ3v) is 29.2. The molecule has 0 heterocycles. The second-order valence-corrected chi connectivity index (χ2v) is 48.3. The molecule has 12 rings (SSSR count). The summed E-state index contributed by atoms with van der Waals surface area (Å²) in [7, 11) is -3.91. The number of halogens is 1. The summed E-state index contributed by atoms with van der Waals surface area (Å²) in [4.78, 5) is 0. The Labute approximate surface area is 596 Å². The molecule has 4 aliphatic rings. The average Bonchev–Trinajstić information content (AvgIpc) is 1.59. The highest BCUT2D eigenvalue weighted by atomic mass is 35.6. The summed E-state index contributed by atoms with van der Waals surface area (Å²) in [6.45, 7) is 65.4. The Balaban J connectivity index is 0.000000176. The van der Waals surface area contributed by atoms with Crippen molar-refractivity contribution in [3.8, 4) is 44.5 Å². The first-order valence-electron chi connectivity index (χ1n) is 36.2. The smallest absolute Gasteiger partial charge is 0.161 e. The molecular weight excluding hydrogens is 1220 g/mol. The van der Waals surface area contributed by atoms with E-state index in [9.17, 15) is 0 Å². The first-order valence-corrected chi connectivity index (χ1v) is 43.5. The van der Waals surface area contributed by atoms with E-state index in [1.807, 2.05) is 0 Å². The Bertz CT molecular complexity index is 4420. The maximum Gasteiger partial charge on any atom is 0.161 e. The van der Waals surface area contributed by atoms with Gasteiger partial charge in [-0.15, -0.1) is 0 Å². The first kappa shape index (κ1) is 73.2. The Morgan fingerprint density at radius 2 is 0.670 bits per heavy atom. The molecule has 0 spiro atoms. The van der Waals surface area contributed by atoms with E-state index in [1.54, 1.807) is 5.56 Å². The molecular formula is C94H117ClSi2. The summed E-state index contributed by atoms with van der Waals surface area (Å²) in [5.74, 6) is 0. The van der Waals surface area contributed by atoms with Crippen LogP contribution in [0.3, 0.4) is 0 Å². The molecule has 8 aromatic rings. The molecule has 97 heavy (non-hydrogen) atoms. The highest BCUT2D eigenvalue weighted by Crippen LogP contribution is 2.57. The van der Waals surface area contributed by atoms with Gasteiger partial charge in [0.25, 0.3) is 0 Å². The van der Waals surface area contributed by atoms with Crippen molar-refractivity contribution in [2.24, 2.45) is 0 Å². The predicted molar refractivity (Wildman–Crippen MR) is 437 cm³/mol. The predicted octanol–water partition coefficient (Wildman–Crippen LogP) is 28.1. The maximum absolute atomic E-state index is 7.04. The Hall–Kier alpha value is -6.56. The number of hydrogen-bond donors (Lipinski definition) is 0. The summed E-state index contributed by atoms with van der Waals surface area (Å²) in [5.41, 5.74) is 41.9. The van der Waals surface area contributed by atoms with Crippen LogP contribution in [-0.4, -0.2) is 15.5 Å². The normalized spacial score (nSPS) is 17.0. The van der Waals surface area contributed by atoms with Crippen molar-refractivity contribution in [2.75, 3.05) is 0 Å². The van der Waals surface area contributed by atoms with E-state index in [0.717, 1.165) is 6.42 Å². The third-order valence-electron chi connectivity index (χ3n) is 21.9. The van der Waals surface area contributed by atoms with Crippen molar-refractivity contribution < 1.29 is 0 Å². The van der Waals surface area contributed by atoms with Gasteiger partial charge in [0.15, 0.2) is 7.38 Å². The van der Waals surface area contributed by atoms with Crippen LogP contribution >= 0.6 is 11.1 Å². The minimum atomic E-state index is -2.02. The van der Waals surface area contributed by atoms with Crippen LogP contribution in [0.1, 0.15) is 258 Å². The van der Waals surface area contributed by atoms with Gasteiger partial charge in [-0.25, -0.2) is 0 Å². The monoisotopic (exact) mass is 1340 g/mol. The number of allylic oxidation sites excluding steroid dienone is 4. The molecule has 0 bridgehead atoms. The first-order chi connectivity index (χ1) is 44.8. The summed E-state index contributed by atoms with van der Waals surface area (Å²) in [5, 5.41) is 0. The van der Waals surface area contributed by atoms with Crippen molar-refractivity contribution in [1.29, 1.82) is 0 Å². The fourth-order valence-corrected chi connectivity index (χ4v) is 25.0. The molecule has 0 fully saturated rings. The van der Waals surface area contributed by atoms with Gasteiger partial charge < -0.3 is 0 Å². The minimum Gasteiger partial charge on any atom is -0.167 e. The van der Waals surface area contributed by atoms with E-state index in [1.165, 1.54) is 150 Å². The van der Waals surface area contributed by atoms with E-state index in [4.69, 9.17) is 11.1 Å². The number of benzene rings is 8. The fraction of sp³-hybridized carbons (Fsp3) is 0.404. The van der Waals surface area contributed by atoms with Gasteiger partial charge in [-0.1, -0.05) is 343 Å². The van der Waals surface area contributed by atoms with Crippen molar-refractivity contribution in [3.05, 3.63) is 257 Å². The van der Waals surface area contributed by atoms with E-state index in [2.05, 4.69) is 362 Å².